The third kappa shape index (κ3) is 1.93. The number of H-pyrrole nitrogens is 1. The predicted molar refractivity (Wildman–Crippen MR) is 51.6 cm³/mol. The second-order valence-electron chi connectivity index (χ2n) is 3.62. The van der Waals surface area contributed by atoms with Gasteiger partial charge < -0.3 is 11.1 Å². The molecular weight excluding hydrogens is 180 g/mol. The number of carbonyl (C=O) groups is 1. The first-order valence-electron chi connectivity index (χ1n) is 4.81. The molecule has 1 unspecified atom stereocenters. The van der Waals surface area contributed by atoms with E-state index in [0.29, 0.717) is 18.2 Å². The first-order valence-corrected chi connectivity index (χ1v) is 4.81. The van der Waals surface area contributed by atoms with Crippen molar-refractivity contribution >= 4 is 5.91 Å². The molecule has 0 radical (unpaired) electrons. The summed E-state index contributed by atoms with van der Waals surface area (Å²) in [5.74, 6) is 0.455. The van der Waals surface area contributed by atoms with Gasteiger partial charge in [-0.3, -0.25) is 9.89 Å². The molecule has 5 heteroatoms. The lowest BCUT2D eigenvalue weighted by Crippen LogP contribution is -2.41. The van der Waals surface area contributed by atoms with Crippen LogP contribution in [-0.2, 0) is 0 Å². The highest BCUT2D eigenvalue weighted by molar-refractivity contribution is 5.92. The zero-order chi connectivity index (χ0) is 9.97. The molecule has 1 saturated carbocycles. The Hall–Kier alpha value is -1.36. The van der Waals surface area contributed by atoms with Crippen LogP contribution in [-0.4, -0.2) is 28.7 Å². The van der Waals surface area contributed by atoms with Crippen LogP contribution in [0, 0.1) is 5.92 Å². The summed E-state index contributed by atoms with van der Waals surface area (Å²) in [6.07, 6.45) is 3.90. The Labute approximate surface area is 82.1 Å². The van der Waals surface area contributed by atoms with E-state index in [-0.39, 0.29) is 11.9 Å². The number of carbonyl (C=O) groups excluding carboxylic acids is 1. The van der Waals surface area contributed by atoms with Crippen LogP contribution in [0.4, 0.5) is 0 Å². The van der Waals surface area contributed by atoms with Gasteiger partial charge in [-0.1, -0.05) is 0 Å². The van der Waals surface area contributed by atoms with Crippen molar-refractivity contribution in [3.63, 3.8) is 0 Å². The number of hydrogen-bond donors (Lipinski definition) is 3. The number of aromatic amines is 1. The summed E-state index contributed by atoms with van der Waals surface area (Å²) in [6, 6.07) is 1.77. The topological polar surface area (TPSA) is 83.8 Å². The van der Waals surface area contributed by atoms with Crippen molar-refractivity contribution in [2.24, 2.45) is 11.7 Å². The van der Waals surface area contributed by atoms with Crippen molar-refractivity contribution in [3.8, 4) is 0 Å². The van der Waals surface area contributed by atoms with Crippen LogP contribution in [0.3, 0.4) is 0 Å². The number of amides is 1. The Morgan fingerprint density at radius 2 is 2.57 bits per heavy atom. The van der Waals surface area contributed by atoms with Crippen molar-refractivity contribution in [2.45, 2.75) is 18.9 Å². The third-order valence-electron chi connectivity index (χ3n) is 2.51. The molecule has 1 aliphatic rings. The minimum absolute atomic E-state index is 0.116. The number of aromatic nitrogens is 2. The summed E-state index contributed by atoms with van der Waals surface area (Å²) in [5, 5.41) is 9.24. The van der Waals surface area contributed by atoms with Crippen molar-refractivity contribution in [1.29, 1.82) is 0 Å². The van der Waals surface area contributed by atoms with Crippen molar-refractivity contribution in [2.75, 3.05) is 6.54 Å². The molecule has 0 saturated heterocycles. The van der Waals surface area contributed by atoms with Crippen LogP contribution in [0.5, 0.6) is 0 Å². The molecule has 1 heterocycles. The molecule has 4 N–H and O–H groups in total. The van der Waals surface area contributed by atoms with E-state index >= 15 is 0 Å². The van der Waals surface area contributed by atoms with Crippen LogP contribution in [0.2, 0.25) is 0 Å². The van der Waals surface area contributed by atoms with E-state index < -0.39 is 0 Å². The highest BCUT2D eigenvalue weighted by Gasteiger charge is 2.31. The molecule has 0 spiro atoms. The van der Waals surface area contributed by atoms with Gasteiger partial charge in [-0.05, 0) is 24.8 Å². The number of rotatable bonds is 4. The number of nitrogens with zero attached hydrogens (tertiary/aromatic N) is 1. The van der Waals surface area contributed by atoms with Crippen molar-refractivity contribution in [1.82, 2.24) is 15.5 Å². The van der Waals surface area contributed by atoms with Gasteiger partial charge in [0.25, 0.3) is 5.91 Å². The quantitative estimate of drug-likeness (QED) is 0.624. The second kappa shape index (κ2) is 3.79. The summed E-state index contributed by atoms with van der Waals surface area (Å²) in [5.41, 5.74) is 6.06. The summed E-state index contributed by atoms with van der Waals surface area (Å²) < 4.78 is 0. The van der Waals surface area contributed by atoms with Gasteiger partial charge >= 0.3 is 0 Å². The Morgan fingerprint density at radius 3 is 3.07 bits per heavy atom. The van der Waals surface area contributed by atoms with E-state index in [1.54, 1.807) is 12.3 Å². The average Bonchev–Trinajstić information content (AvgIpc) is 2.88. The van der Waals surface area contributed by atoms with Crippen LogP contribution in [0.1, 0.15) is 23.3 Å². The monoisotopic (exact) mass is 194 g/mol. The lowest BCUT2D eigenvalue weighted by Gasteiger charge is -2.14. The van der Waals surface area contributed by atoms with E-state index in [0.717, 1.165) is 0 Å². The molecular formula is C9H14N4O. The zero-order valence-electron chi connectivity index (χ0n) is 7.86. The molecule has 2 rings (SSSR count). The highest BCUT2D eigenvalue weighted by atomic mass is 16.2. The summed E-state index contributed by atoms with van der Waals surface area (Å²) in [6.45, 7) is 0.505. The smallest absolute Gasteiger partial charge is 0.269 e. The second-order valence-corrected chi connectivity index (χ2v) is 3.62. The van der Waals surface area contributed by atoms with E-state index in [1.807, 2.05) is 0 Å². The summed E-state index contributed by atoms with van der Waals surface area (Å²) in [4.78, 5) is 11.6. The molecule has 1 amide bonds. The Kier molecular flexibility index (Phi) is 2.49. The van der Waals surface area contributed by atoms with Gasteiger partial charge in [-0.25, -0.2) is 0 Å². The maximum Gasteiger partial charge on any atom is 0.269 e. The first-order chi connectivity index (χ1) is 6.81. The molecule has 0 aliphatic heterocycles. The number of nitrogens with two attached hydrogens (primary N) is 1. The van der Waals surface area contributed by atoms with Crippen LogP contribution < -0.4 is 11.1 Å². The van der Waals surface area contributed by atoms with Gasteiger partial charge in [-0.15, -0.1) is 0 Å². The fraction of sp³-hybridized carbons (Fsp3) is 0.556. The lowest BCUT2D eigenvalue weighted by atomic mass is 10.2. The molecule has 14 heavy (non-hydrogen) atoms. The van der Waals surface area contributed by atoms with Gasteiger partial charge in [0, 0.05) is 18.8 Å². The fourth-order valence-corrected chi connectivity index (χ4v) is 1.50. The molecule has 1 aliphatic carbocycles. The standard InChI is InChI=1S/C9H14N4O/c10-5-8(6-1-2-6)12-9(14)7-3-4-11-13-7/h3-4,6,8H,1-2,5,10H2,(H,11,13)(H,12,14). The van der Waals surface area contributed by atoms with Gasteiger partial charge in [0.15, 0.2) is 0 Å². The van der Waals surface area contributed by atoms with Crippen molar-refractivity contribution < 1.29 is 4.79 Å². The molecule has 0 bridgehead atoms. The lowest BCUT2D eigenvalue weighted by molar-refractivity contribution is 0.0928. The average molecular weight is 194 g/mol. The van der Waals surface area contributed by atoms with E-state index in [4.69, 9.17) is 5.73 Å². The van der Waals surface area contributed by atoms with Gasteiger partial charge in [0.1, 0.15) is 5.69 Å². The van der Waals surface area contributed by atoms with E-state index in [9.17, 15) is 4.79 Å². The molecule has 1 atom stereocenters. The van der Waals surface area contributed by atoms with Gasteiger partial charge in [-0.2, -0.15) is 5.10 Å². The van der Waals surface area contributed by atoms with Gasteiger partial charge in [0.2, 0.25) is 0 Å². The largest absolute Gasteiger partial charge is 0.346 e. The molecule has 1 aromatic heterocycles. The van der Waals surface area contributed by atoms with E-state index in [1.165, 1.54) is 12.8 Å². The third-order valence-corrected chi connectivity index (χ3v) is 2.51. The molecule has 0 aromatic carbocycles. The minimum Gasteiger partial charge on any atom is -0.346 e. The number of nitrogens with one attached hydrogen (secondary N) is 2. The Morgan fingerprint density at radius 1 is 1.79 bits per heavy atom. The Bertz CT molecular complexity index is 305. The van der Waals surface area contributed by atoms with Crippen LogP contribution >= 0.6 is 0 Å². The molecule has 1 fully saturated rings. The highest BCUT2D eigenvalue weighted by Crippen LogP contribution is 2.32. The normalized spacial score (nSPS) is 17.8. The molecule has 1 aromatic rings. The van der Waals surface area contributed by atoms with Gasteiger partial charge in [0.05, 0.1) is 0 Å². The minimum atomic E-state index is -0.121. The maximum absolute atomic E-state index is 11.6. The van der Waals surface area contributed by atoms with Crippen LogP contribution in [0.25, 0.3) is 0 Å². The fourth-order valence-electron chi connectivity index (χ4n) is 1.50. The van der Waals surface area contributed by atoms with Crippen molar-refractivity contribution in [3.05, 3.63) is 18.0 Å². The van der Waals surface area contributed by atoms with E-state index in [2.05, 4.69) is 15.5 Å². The maximum atomic E-state index is 11.6. The predicted octanol–water partition coefficient (Wildman–Crippen LogP) is -0.123. The SMILES string of the molecule is NCC(NC(=O)c1ccn[nH]1)C1CC1. The summed E-state index contributed by atoms with van der Waals surface area (Å²) >= 11 is 0. The zero-order valence-corrected chi connectivity index (χ0v) is 7.86. The number of hydrogen-bond acceptors (Lipinski definition) is 3. The molecule has 76 valence electrons. The molecule has 5 nitrogen and oxygen atoms in total. The van der Waals surface area contributed by atoms with Crippen LogP contribution in [0.15, 0.2) is 12.3 Å². The first kappa shape index (κ1) is 9.21. The Balaban J connectivity index is 1.92. The summed E-state index contributed by atoms with van der Waals surface area (Å²) in [7, 11) is 0.